The van der Waals surface area contributed by atoms with Crippen LogP contribution in [0.3, 0.4) is 0 Å². The Kier molecular flexibility index (Phi) is 7.64. The van der Waals surface area contributed by atoms with Gasteiger partial charge in [0.05, 0.1) is 0 Å². The molecule has 6 unspecified atom stereocenters. The van der Waals surface area contributed by atoms with Gasteiger partial charge in [-0.2, -0.15) is 0 Å². The molecule has 2 saturated carbocycles. The van der Waals surface area contributed by atoms with Gasteiger partial charge >= 0.3 is 0 Å². The van der Waals surface area contributed by atoms with Crippen molar-refractivity contribution in [3.8, 4) is 0 Å². The highest BCUT2D eigenvalue weighted by molar-refractivity contribution is 5.76. The summed E-state index contributed by atoms with van der Waals surface area (Å²) in [6.07, 6.45) is 17.7. The first-order valence-corrected chi connectivity index (χ1v) is 13.7. The first kappa shape index (κ1) is 25.1. The number of pyridine rings is 1. The fourth-order valence-corrected chi connectivity index (χ4v) is 8.22. The molecule has 1 aromatic heterocycles. The lowest BCUT2D eigenvalue weighted by molar-refractivity contribution is -0.133. The summed E-state index contributed by atoms with van der Waals surface area (Å²) in [5.74, 6) is 3.49. The third kappa shape index (κ3) is 4.38. The summed E-state index contributed by atoms with van der Waals surface area (Å²) >= 11 is 0. The third-order valence-corrected chi connectivity index (χ3v) is 10.0. The molecule has 4 heteroatoms. The molecule has 1 aliphatic heterocycles. The maximum absolute atomic E-state index is 12.5. The molecule has 6 atom stereocenters. The standard InChI is InChI=1S/C27H38N2O.C3H6O/c1-4-25(30)29-16-6-13-26(2)20(18-29)8-9-21-23-11-10-22(19-7-5-15-28-17-19)27(23,3)14-12-24(21)26;1-2-3-4/h5,7,10,15,17,20-21,23-24H,4,6,8-9,11-14,16,18H2,1-3H3;3H,2H2,1H3. The van der Waals surface area contributed by atoms with Gasteiger partial charge in [0.1, 0.15) is 6.29 Å². The second-order valence-electron chi connectivity index (χ2n) is 11.6. The quantitative estimate of drug-likeness (QED) is 0.476. The van der Waals surface area contributed by atoms with Crippen LogP contribution >= 0.6 is 0 Å². The van der Waals surface area contributed by atoms with E-state index < -0.39 is 0 Å². The number of carbonyl (C=O) groups is 2. The van der Waals surface area contributed by atoms with Crippen LogP contribution in [0.1, 0.15) is 91.0 Å². The van der Waals surface area contributed by atoms with Crippen molar-refractivity contribution < 1.29 is 9.59 Å². The van der Waals surface area contributed by atoms with Crippen molar-refractivity contribution in [3.63, 3.8) is 0 Å². The molecule has 2 heterocycles. The molecular formula is C30H44N2O2. The number of hydrogen-bond donors (Lipinski definition) is 0. The minimum atomic E-state index is 0.308. The van der Waals surface area contributed by atoms with E-state index in [-0.39, 0.29) is 0 Å². The largest absolute Gasteiger partial charge is 0.342 e. The summed E-state index contributed by atoms with van der Waals surface area (Å²) in [6.45, 7) is 11.0. The van der Waals surface area contributed by atoms with E-state index in [1.165, 1.54) is 50.5 Å². The van der Waals surface area contributed by atoms with Gasteiger partial charge in [-0.25, -0.2) is 0 Å². The second kappa shape index (κ2) is 10.3. The summed E-state index contributed by atoms with van der Waals surface area (Å²) < 4.78 is 0. The van der Waals surface area contributed by atoms with E-state index in [1.807, 2.05) is 20.0 Å². The van der Waals surface area contributed by atoms with Crippen molar-refractivity contribution in [2.24, 2.45) is 34.5 Å². The lowest BCUT2D eigenvalue weighted by Crippen LogP contribution is -2.52. The highest BCUT2D eigenvalue weighted by atomic mass is 16.2. The summed E-state index contributed by atoms with van der Waals surface area (Å²) in [7, 11) is 0. The monoisotopic (exact) mass is 464 g/mol. The molecule has 1 saturated heterocycles. The Morgan fingerprint density at radius 1 is 1.18 bits per heavy atom. The van der Waals surface area contributed by atoms with Crippen LogP contribution in [0.25, 0.3) is 5.57 Å². The zero-order valence-electron chi connectivity index (χ0n) is 21.8. The number of rotatable bonds is 3. The molecule has 186 valence electrons. The molecule has 0 spiro atoms. The summed E-state index contributed by atoms with van der Waals surface area (Å²) in [5.41, 5.74) is 3.61. The lowest BCUT2D eigenvalue weighted by Gasteiger charge is -2.59. The molecule has 1 amide bonds. The maximum atomic E-state index is 12.5. The van der Waals surface area contributed by atoms with Crippen molar-refractivity contribution in [3.05, 3.63) is 36.2 Å². The van der Waals surface area contributed by atoms with Gasteiger partial charge in [0.15, 0.2) is 0 Å². The molecule has 3 fully saturated rings. The van der Waals surface area contributed by atoms with Gasteiger partial charge in [-0.15, -0.1) is 0 Å². The number of aldehydes is 1. The Hall–Kier alpha value is -1.97. The fourth-order valence-electron chi connectivity index (χ4n) is 8.22. The van der Waals surface area contributed by atoms with Crippen LogP contribution in [-0.4, -0.2) is 35.2 Å². The second-order valence-corrected chi connectivity index (χ2v) is 11.6. The Labute approximate surface area is 206 Å². The van der Waals surface area contributed by atoms with E-state index in [4.69, 9.17) is 0 Å². The van der Waals surface area contributed by atoms with E-state index in [9.17, 15) is 9.59 Å². The molecule has 1 aromatic rings. The van der Waals surface area contributed by atoms with Gasteiger partial charge in [-0.3, -0.25) is 9.78 Å². The van der Waals surface area contributed by atoms with Gasteiger partial charge in [0, 0.05) is 38.3 Å². The summed E-state index contributed by atoms with van der Waals surface area (Å²) in [4.78, 5) is 28.2. The molecule has 4 nitrogen and oxygen atoms in total. The maximum Gasteiger partial charge on any atom is 0.222 e. The third-order valence-electron chi connectivity index (χ3n) is 10.0. The van der Waals surface area contributed by atoms with Gasteiger partial charge < -0.3 is 9.69 Å². The molecule has 4 aliphatic rings. The van der Waals surface area contributed by atoms with Crippen molar-refractivity contribution in [2.45, 2.75) is 85.5 Å². The van der Waals surface area contributed by atoms with Crippen LogP contribution in [0, 0.1) is 34.5 Å². The molecule has 34 heavy (non-hydrogen) atoms. The van der Waals surface area contributed by atoms with Crippen molar-refractivity contribution in [2.75, 3.05) is 13.1 Å². The molecule has 0 radical (unpaired) electrons. The van der Waals surface area contributed by atoms with Crippen LogP contribution in [0.15, 0.2) is 30.6 Å². The lowest BCUT2D eigenvalue weighted by atomic mass is 9.46. The number of nitrogens with zero attached hydrogens (tertiary/aromatic N) is 2. The first-order valence-electron chi connectivity index (χ1n) is 13.7. The number of likely N-dealkylation sites (tertiary alicyclic amines) is 1. The number of fused-ring (bicyclic) bond motifs is 5. The number of amides is 1. The average molecular weight is 465 g/mol. The minimum absolute atomic E-state index is 0.308. The van der Waals surface area contributed by atoms with Crippen LogP contribution in [0.2, 0.25) is 0 Å². The number of aromatic nitrogens is 1. The van der Waals surface area contributed by atoms with Crippen molar-refractivity contribution in [1.29, 1.82) is 0 Å². The van der Waals surface area contributed by atoms with E-state index in [0.29, 0.717) is 35.5 Å². The van der Waals surface area contributed by atoms with Gasteiger partial charge in [-0.05, 0) is 96.7 Å². The zero-order chi connectivity index (χ0) is 24.3. The van der Waals surface area contributed by atoms with Gasteiger partial charge in [0.2, 0.25) is 5.91 Å². The normalized spacial score (nSPS) is 36.6. The molecule has 0 bridgehead atoms. The van der Waals surface area contributed by atoms with Crippen LogP contribution in [0.4, 0.5) is 0 Å². The highest BCUT2D eigenvalue weighted by Gasteiger charge is 2.58. The van der Waals surface area contributed by atoms with Crippen LogP contribution < -0.4 is 0 Å². The Bertz CT molecular complexity index is 896. The van der Waals surface area contributed by atoms with Gasteiger partial charge in [0.25, 0.3) is 0 Å². The number of hydrogen-bond acceptors (Lipinski definition) is 3. The Balaban J connectivity index is 0.000000636. The molecule has 3 aliphatic carbocycles. The van der Waals surface area contributed by atoms with E-state index >= 15 is 0 Å². The smallest absolute Gasteiger partial charge is 0.222 e. The first-order chi connectivity index (χ1) is 16.4. The highest BCUT2D eigenvalue weighted by Crippen LogP contribution is 2.66. The molecule has 0 N–H and O–H groups in total. The van der Waals surface area contributed by atoms with Crippen molar-refractivity contribution in [1.82, 2.24) is 9.88 Å². The summed E-state index contributed by atoms with van der Waals surface area (Å²) in [6, 6.07) is 4.33. The van der Waals surface area contributed by atoms with Crippen LogP contribution in [0.5, 0.6) is 0 Å². The average Bonchev–Trinajstić information content (AvgIpc) is 3.11. The van der Waals surface area contributed by atoms with E-state index in [1.54, 1.807) is 5.57 Å². The Morgan fingerprint density at radius 2 is 1.97 bits per heavy atom. The predicted octanol–water partition coefficient (Wildman–Crippen LogP) is 6.56. The zero-order valence-corrected chi connectivity index (χ0v) is 21.8. The number of carbonyl (C=O) groups excluding carboxylic acids is 2. The summed E-state index contributed by atoms with van der Waals surface area (Å²) in [5, 5.41) is 0. The van der Waals surface area contributed by atoms with E-state index in [0.717, 1.165) is 37.1 Å². The molecular weight excluding hydrogens is 420 g/mol. The molecule has 0 aromatic carbocycles. The number of allylic oxidation sites excluding steroid dienone is 2. The Morgan fingerprint density at radius 3 is 2.65 bits per heavy atom. The SMILES string of the molecule is CCC(=O)N1CCCC2(C)C(CCC3C4CC=C(c5cccnc5)C4(C)CCC32)C1.CCC=O. The fraction of sp³-hybridized carbons (Fsp3) is 0.700. The van der Waals surface area contributed by atoms with E-state index in [2.05, 4.69) is 48.1 Å². The predicted molar refractivity (Wildman–Crippen MR) is 138 cm³/mol. The topological polar surface area (TPSA) is 50.3 Å². The van der Waals surface area contributed by atoms with Crippen molar-refractivity contribution >= 4 is 17.8 Å². The van der Waals surface area contributed by atoms with Crippen LogP contribution in [-0.2, 0) is 9.59 Å². The minimum Gasteiger partial charge on any atom is -0.342 e. The van der Waals surface area contributed by atoms with Gasteiger partial charge in [-0.1, -0.05) is 39.8 Å². The molecule has 5 rings (SSSR count).